The fourth-order valence-electron chi connectivity index (χ4n) is 4.86. The number of nitrogens with zero attached hydrogens (tertiary/aromatic N) is 2. The molecule has 0 saturated carbocycles. The first kappa shape index (κ1) is 26.6. The van der Waals surface area contributed by atoms with Crippen LogP contribution >= 0.6 is 11.6 Å². The number of hydrogen-bond donors (Lipinski definition) is 2. The number of ether oxygens (including phenoxy) is 2. The predicted octanol–water partition coefficient (Wildman–Crippen LogP) is 7.00. The highest BCUT2D eigenvalue weighted by molar-refractivity contribution is 6.30. The van der Waals surface area contributed by atoms with E-state index in [2.05, 4.69) is 24.0 Å². The number of phenolic OH excluding ortho intramolecular Hbond substituents is 1. The molecule has 1 aromatic heterocycles. The molecular weight excluding hydrogens is 514 g/mol. The largest absolute Gasteiger partial charge is 0.507 e. The molecule has 1 unspecified atom stereocenters. The number of carbonyl (C=O) groups excluding carboxylic acids is 1. The summed E-state index contributed by atoms with van der Waals surface area (Å²) in [5.74, 6) is 1.74. The smallest absolute Gasteiger partial charge is 0.273 e. The second-order valence-electron chi connectivity index (χ2n) is 10.0. The van der Waals surface area contributed by atoms with Crippen LogP contribution in [0.4, 0.5) is 0 Å². The molecular formula is C31H32ClN3O4. The van der Waals surface area contributed by atoms with Crippen molar-refractivity contribution in [1.82, 2.24) is 15.1 Å². The molecule has 202 valence electrons. The number of aromatic nitrogens is 2. The molecule has 0 radical (unpaired) electrons. The van der Waals surface area contributed by atoms with Crippen LogP contribution in [-0.4, -0.2) is 39.3 Å². The van der Waals surface area contributed by atoms with Gasteiger partial charge in [-0.1, -0.05) is 55.8 Å². The number of carbonyl (C=O) groups is 1. The maximum atomic E-state index is 13.8. The van der Waals surface area contributed by atoms with Gasteiger partial charge >= 0.3 is 0 Å². The number of hydrogen-bond acceptors (Lipinski definition) is 5. The van der Waals surface area contributed by atoms with Crippen molar-refractivity contribution in [1.29, 1.82) is 0 Å². The van der Waals surface area contributed by atoms with Crippen LogP contribution < -0.4 is 9.47 Å². The number of fused-ring (bicyclic) bond motifs is 1. The van der Waals surface area contributed by atoms with Crippen LogP contribution in [-0.2, 0) is 6.54 Å². The Labute approximate surface area is 233 Å². The third-order valence-electron chi connectivity index (χ3n) is 6.83. The lowest BCUT2D eigenvalue weighted by Gasteiger charge is -2.27. The van der Waals surface area contributed by atoms with E-state index in [1.807, 2.05) is 55.5 Å². The van der Waals surface area contributed by atoms with Gasteiger partial charge in [0, 0.05) is 22.7 Å². The topological polar surface area (TPSA) is 87.7 Å². The third kappa shape index (κ3) is 5.45. The molecule has 5 rings (SSSR count). The van der Waals surface area contributed by atoms with E-state index in [-0.39, 0.29) is 11.7 Å². The van der Waals surface area contributed by atoms with Crippen molar-refractivity contribution in [2.45, 2.75) is 39.8 Å². The number of H-pyrrole nitrogens is 1. The molecule has 3 aromatic carbocycles. The highest BCUT2D eigenvalue weighted by Gasteiger charge is 2.42. The summed E-state index contributed by atoms with van der Waals surface area (Å²) in [4.78, 5) is 15.6. The van der Waals surface area contributed by atoms with Crippen LogP contribution in [0, 0.1) is 5.92 Å². The van der Waals surface area contributed by atoms with E-state index in [1.165, 1.54) is 0 Å². The molecule has 2 heterocycles. The summed E-state index contributed by atoms with van der Waals surface area (Å²) in [6.07, 6.45) is 0.932. The zero-order valence-corrected chi connectivity index (χ0v) is 23.0. The van der Waals surface area contributed by atoms with Crippen LogP contribution in [0.5, 0.6) is 17.2 Å². The zero-order valence-electron chi connectivity index (χ0n) is 22.3. The van der Waals surface area contributed by atoms with Crippen molar-refractivity contribution < 1.29 is 19.4 Å². The summed E-state index contributed by atoms with van der Waals surface area (Å²) in [5.41, 5.74) is 4.01. The van der Waals surface area contributed by atoms with Gasteiger partial charge in [0.2, 0.25) is 0 Å². The fourth-order valence-corrected chi connectivity index (χ4v) is 4.98. The Morgan fingerprint density at radius 1 is 1.05 bits per heavy atom. The average Bonchev–Trinajstić information content (AvgIpc) is 3.45. The van der Waals surface area contributed by atoms with Gasteiger partial charge in [0.15, 0.2) is 11.5 Å². The molecule has 2 N–H and O–H groups in total. The van der Waals surface area contributed by atoms with E-state index in [4.69, 9.17) is 21.1 Å². The lowest BCUT2D eigenvalue weighted by atomic mass is 9.95. The van der Waals surface area contributed by atoms with E-state index >= 15 is 0 Å². The van der Waals surface area contributed by atoms with Gasteiger partial charge in [-0.3, -0.25) is 9.89 Å². The van der Waals surface area contributed by atoms with Gasteiger partial charge in [0.1, 0.15) is 17.1 Å². The van der Waals surface area contributed by atoms with Gasteiger partial charge in [0.25, 0.3) is 5.91 Å². The molecule has 4 aromatic rings. The van der Waals surface area contributed by atoms with Crippen molar-refractivity contribution in [2.75, 3.05) is 13.2 Å². The minimum Gasteiger partial charge on any atom is -0.507 e. The molecule has 1 aliphatic heterocycles. The normalized spacial score (nSPS) is 14.6. The quantitative estimate of drug-likeness (QED) is 0.224. The number of amides is 1. The van der Waals surface area contributed by atoms with E-state index in [1.54, 1.807) is 23.1 Å². The van der Waals surface area contributed by atoms with Crippen molar-refractivity contribution in [3.8, 4) is 28.5 Å². The van der Waals surface area contributed by atoms with Gasteiger partial charge in [-0.2, -0.15) is 5.10 Å². The molecule has 0 aliphatic carbocycles. The lowest BCUT2D eigenvalue weighted by molar-refractivity contribution is 0.0729. The number of phenols is 1. The van der Waals surface area contributed by atoms with Crippen LogP contribution in [0.1, 0.15) is 60.4 Å². The minimum atomic E-state index is -0.472. The lowest BCUT2D eigenvalue weighted by Crippen LogP contribution is -2.29. The first-order valence-electron chi connectivity index (χ1n) is 13.2. The average molecular weight is 546 g/mol. The molecule has 0 fully saturated rings. The number of rotatable bonds is 10. The zero-order chi connectivity index (χ0) is 27.5. The summed E-state index contributed by atoms with van der Waals surface area (Å²) < 4.78 is 12.1. The molecule has 1 atom stereocenters. The summed E-state index contributed by atoms with van der Waals surface area (Å²) in [6.45, 7) is 7.67. The standard InChI is InChI=1S/C31H32ClN3O4/c1-4-38-26-17-21(11-14-25(26)39-16-15-19(2)3)30-27-28(23-7-5-6-8-24(23)36)33-34-29(27)31(37)35(30)18-20-9-12-22(32)13-10-20/h5-14,17,19,30,36H,4,15-16,18H2,1-3H3,(H,33,34). The van der Waals surface area contributed by atoms with Gasteiger partial charge in [-0.05, 0) is 66.8 Å². The van der Waals surface area contributed by atoms with Crippen LogP contribution in [0.15, 0.2) is 66.7 Å². The summed E-state index contributed by atoms with van der Waals surface area (Å²) in [5, 5.41) is 18.7. The molecule has 39 heavy (non-hydrogen) atoms. The molecule has 0 spiro atoms. The number of aromatic amines is 1. The second kappa shape index (κ2) is 11.4. The van der Waals surface area contributed by atoms with Gasteiger partial charge in [-0.15, -0.1) is 0 Å². The number of aromatic hydroxyl groups is 1. The van der Waals surface area contributed by atoms with E-state index in [0.29, 0.717) is 64.7 Å². The van der Waals surface area contributed by atoms with E-state index in [0.717, 1.165) is 17.5 Å². The third-order valence-corrected chi connectivity index (χ3v) is 7.08. The van der Waals surface area contributed by atoms with Crippen LogP contribution in [0.25, 0.3) is 11.3 Å². The molecule has 8 heteroatoms. The van der Waals surface area contributed by atoms with E-state index < -0.39 is 6.04 Å². The summed E-state index contributed by atoms with van der Waals surface area (Å²) in [6, 6.07) is 19.8. The first-order chi connectivity index (χ1) is 18.9. The van der Waals surface area contributed by atoms with E-state index in [9.17, 15) is 9.90 Å². The molecule has 0 bridgehead atoms. The van der Waals surface area contributed by atoms with Crippen molar-refractivity contribution in [2.24, 2.45) is 5.92 Å². The maximum Gasteiger partial charge on any atom is 0.273 e. The molecule has 1 aliphatic rings. The summed E-state index contributed by atoms with van der Waals surface area (Å²) in [7, 11) is 0. The SMILES string of the molecule is CCOc1cc(C2c3c(-c4ccccc4O)n[nH]c3C(=O)N2Cc2ccc(Cl)cc2)ccc1OCCC(C)C. The van der Waals surface area contributed by atoms with Gasteiger partial charge in [-0.25, -0.2) is 0 Å². The molecule has 1 amide bonds. The van der Waals surface area contributed by atoms with Crippen molar-refractivity contribution in [3.05, 3.63) is 94.1 Å². The summed E-state index contributed by atoms with van der Waals surface area (Å²) >= 11 is 6.11. The fraction of sp³-hybridized carbons (Fsp3) is 0.290. The Morgan fingerprint density at radius 3 is 2.54 bits per heavy atom. The van der Waals surface area contributed by atoms with Gasteiger partial charge in [0.05, 0.1) is 19.3 Å². The Morgan fingerprint density at radius 2 is 1.82 bits per heavy atom. The number of halogens is 1. The first-order valence-corrected chi connectivity index (χ1v) is 13.6. The second-order valence-corrected chi connectivity index (χ2v) is 10.4. The van der Waals surface area contributed by atoms with Crippen LogP contribution in [0.3, 0.4) is 0 Å². The minimum absolute atomic E-state index is 0.0954. The highest BCUT2D eigenvalue weighted by atomic mass is 35.5. The predicted molar refractivity (Wildman–Crippen MR) is 151 cm³/mol. The van der Waals surface area contributed by atoms with Crippen molar-refractivity contribution in [3.63, 3.8) is 0 Å². The Kier molecular flexibility index (Phi) is 7.79. The Hall–Kier alpha value is -3.97. The van der Waals surface area contributed by atoms with Gasteiger partial charge < -0.3 is 19.5 Å². The Bertz CT molecular complexity index is 1470. The maximum absolute atomic E-state index is 13.8. The molecule has 7 nitrogen and oxygen atoms in total. The van der Waals surface area contributed by atoms with Crippen LogP contribution in [0.2, 0.25) is 5.02 Å². The Balaban J connectivity index is 1.60. The molecule has 0 saturated heterocycles. The number of nitrogens with one attached hydrogen (secondary N) is 1. The monoisotopic (exact) mass is 545 g/mol. The number of para-hydroxylation sites is 1. The number of benzene rings is 3. The highest BCUT2D eigenvalue weighted by Crippen LogP contribution is 2.46. The van der Waals surface area contributed by atoms with Crippen molar-refractivity contribution >= 4 is 17.5 Å².